The average molecular weight is 317 g/mol. The van der Waals surface area contributed by atoms with Gasteiger partial charge in [-0.3, -0.25) is 4.98 Å². The van der Waals surface area contributed by atoms with Crippen molar-refractivity contribution in [3.8, 4) is 0 Å². The lowest BCUT2D eigenvalue weighted by molar-refractivity contribution is 1.22. The number of fused-ring (bicyclic) bond motifs is 1. The fraction of sp³-hybridized carbons (Fsp3) is 0.182. The number of hydrogen-bond donors (Lipinski definition) is 0. The highest BCUT2D eigenvalue weighted by molar-refractivity contribution is 9.08. The van der Waals surface area contributed by atoms with Gasteiger partial charge in [0.1, 0.15) is 0 Å². The van der Waals surface area contributed by atoms with Gasteiger partial charge in [0.2, 0.25) is 0 Å². The SMILES string of the molecule is Br.Cc1cc2cccc(CBr)c2cn1. The van der Waals surface area contributed by atoms with Crippen LogP contribution in [0, 0.1) is 6.92 Å². The van der Waals surface area contributed by atoms with E-state index in [1.54, 1.807) is 0 Å². The zero-order valence-corrected chi connectivity index (χ0v) is 11.1. The van der Waals surface area contributed by atoms with Gasteiger partial charge in [0.15, 0.2) is 0 Å². The number of nitrogens with zero attached hydrogens (tertiary/aromatic N) is 1. The number of halogens is 2. The fourth-order valence-corrected chi connectivity index (χ4v) is 1.95. The summed E-state index contributed by atoms with van der Waals surface area (Å²) < 4.78 is 0. The van der Waals surface area contributed by atoms with Gasteiger partial charge < -0.3 is 0 Å². The summed E-state index contributed by atoms with van der Waals surface area (Å²) >= 11 is 3.47. The van der Waals surface area contributed by atoms with Crippen LogP contribution in [0.4, 0.5) is 0 Å². The van der Waals surface area contributed by atoms with E-state index in [1.807, 2.05) is 13.1 Å². The molecule has 0 atom stereocenters. The van der Waals surface area contributed by atoms with E-state index < -0.39 is 0 Å². The first-order chi connectivity index (χ1) is 6.31. The van der Waals surface area contributed by atoms with Crippen molar-refractivity contribution in [3.63, 3.8) is 0 Å². The number of aromatic nitrogens is 1. The molecule has 3 heteroatoms. The molecule has 0 radical (unpaired) electrons. The second-order valence-corrected chi connectivity index (χ2v) is 3.66. The van der Waals surface area contributed by atoms with Crippen LogP contribution in [0.2, 0.25) is 0 Å². The number of aryl methyl sites for hydroxylation is 1. The van der Waals surface area contributed by atoms with Gasteiger partial charge in [-0.15, -0.1) is 17.0 Å². The first kappa shape index (κ1) is 11.7. The van der Waals surface area contributed by atoms with Crippen LogP contribution in [0.25, 0.3) is 10.8 Å². The number of alkyl halides is 1. The lowest BCUT2D eigenvalue weighted by atomic mass is 10.1. The zero-order valence-electron chi connectivity index (χ0n) is 7.83. The third-order valence-corrected chi connectivity index (χ3v) is 2.74. The molecule has 2 rings (SSSR count). The molecule has 1 heterocycles. The molecule has 0 fully saturated rings. The number of benzene rings is 1. The Kier molecular flexibility index (Phi) is 4.08. The highest BCUT2D eigenvalue weighted by Gasteiger charge is 1.99. The van der Waals surface area contributed by atoms with Gasteiger partial charge in [-0.1, -0.05) is 34.1 Å². The highest BCUT2D eigenvalue weighted by atomic mass is 79.9. The molecule has 1 aromatic heterocycles. The minimum absolute atomic E-state index is 0. The van der Waals surface area contributed by atoms with Crippen molar-refractivity contribution in [1.29, 1.82) is 0 Å². The molecule has 0 saturated heterocycles. The van der Waals surface area contributed by atoms with Crippen LogP contribution in [0.3, 0.4) is 0 Å². The molecule has 0 amide bonds. The van der Waals surface area contributed by atoms with Gasteiger partial charge in [-0.2, -0.15) is 0 Å². The standard InChI is InChI=1S/C11H10BrN.BrH/c1-8-5-9-3-2-4-10(6-12)11(9)7-13-8;/h2-5,7H,6H2,1H3;1H. The molecule has 2 aromatic rings. The van der Waals surface area contributed by atoms with Crippen LogP contribution >= 0.6 is 32.9 Å². The Balaban J connectivity index is 0.000000980. The molecule has 0 aliphatic carbocycles. The van der Waals surface area contributed by atoms with Gasteiger partial charge in [-0.25, -0.2) is 0 Å². The summed E-state index contributed by atoms with van der Waals surface area (Å²) in [5, 5.41) is 3.39. The number of rotatable bonds is 1. The van der Waals surface area contributed by atoms with E-state index in [1.165, 1.54) is 16.3 Å². The van der Waals surface area contributed by atoms with Crippen molar-refractivity contribution in [2.45, 2.75) is 12.3 Å². The molecule has 0 aliphatic rings. The lowest BCUT2D eigenvalue weighted by Crippen LogP contribution is -1.85. The van der Waals surface area contributed by atoms with E-state index in [2.05, 4.69) is 45.2 Å². The summed E-state index contributed by atoms with van der Waals surface area (Å²) in [5.74, 6) is 0. The van der Waals surface area contributed by atoms with Crippen LogP contribution < -0.4 is 0 Å². The van der Waals surface area contributed by atoms with Crippen LogP contribution in [0.15, 0.2) is 30.5 Å². The first-order valence-corrected chi connectivity index (χ1v) is 5.33. The van der Waals surface area contributed by atoms with Crippen LogP contribution in [0.5, 0.6) is 0 Å². The Morgan fingerprint density at radius 3 is 2.86 bits per heavy atom. The predicted molar refractivity (Wildman–Crippen MR) is 69.4 cm³/mol. The molecule has 0 aliphatic heterocycles. The summed E-state index contributed by atoms with van der Waals surface area (Å²) in [6.45, 7) is 2.01. The molecule has 1 nitrogen and oxygen atoms in total. The second kappa shape index (κ2) is 4.89. The normalized spacial score (nSPS) is 9.86. The van der Waals surface area contributed by atoms with Crippen molar-refractivity contribution in [1.82, 2.24) is 4.98 Å². The second-order valence-electron chi connectivity index (χ2n) is 3.10. The molecule has 0 N–H and O–H groups in total. The quantitative estimate of drug-likeness (QED) is 0.724. The van der Waals surface area contributed by atoms with E-state index in [0.29, 0.717) is 0 Å². The van der Waals surface area contributed by atoms with Crippen molar-refractivity contribution in [3.05, 3.63) is 41.7 Å². The largest absolute Gasteiger partial charge is 0.261 e. The Morgan fingerprint density at radius 1 is 1.36 bits per heavy atom. The van der Waals surface area contributed by atoms with Crippen molar-refractivity contribution >= 4 is 43.7 Å². The Labute approximate surface area is 102 Å². The summed E-state index contributed by atoms with van der Waals surface area (Å²) in [4.78, 5) is 4.30. The van der Waals surface area contributed by atoms with Gasteiger partial charge >= 0.3 is 0 Å². The number of hydrogen-bond acceptors (Lipinski definition) is 1. The van der Waals surface area contributed by atoms with Gasteiger partial charge in [0, 0.05) is 22.6 Å². The van der Waals surface area contributed by atoms with E-state index in [0.717, 1.165) is 11.0 Å². The molecular weight excluding hydrogens is 306 g/mol. The zero-order chi connectivity index (χ0) is 9.26. The number of pyridine rings is 1. The third kappa shape index (κ3) is 2.15. The summed E-state index contributed by atoms with van der Waals surface area (Å²) in [5.41, 5.74) is 2.37. The lowest BCUT2D eigenvalue weighted by Gasteiger charge is -2.02. The van der Waals surface area contributed by atoms with Crippen molar-refractivity contribution in [2.75, 3.05) is 0 Å². The summed E-state index contributed by atoms with van der Waals surface area (Å²) in [6.07, 6.45) is 1.95. The maximum absolute atomic E-state index is 4.30. The maximum Gasteiger partial charge on any atom is 0.0379 e. The summed E-state index contributed by atoms with van der Waals surface area (Å²) in [7, 11) is 0. The topological polar surface area (TPSA) is 12.9 Å². The molecule has 0 saturated carbocycles. The third-order valence-electron chi connectivity index (χ3n) is 2.14. The maximum atomic E-state index is 4.30. The molecule has 0 spiro atoms. The van der Waals surface area contributed by atoms with Crippen molar-refractivity contribution < 1.29 is 0 Å². The molecule has 0 unspecified atom stereocenters. The minimum atomic E-state index is 0. The minimum Gasteiger partial charge on any atom is -0.261 e. The molecule has 1 aromatic carbocycles. The van der Waals surface area contributed by atoms with E-state index in [4.69, 9.17) is 0 Å². The molecule has 14 heavy (non-hydrogen) atoms. The van der Waals surface area contributed by atoms with Gasteiger partial charge in [0.25, 0.3) is 0 Å². The predicted octanol–water partition coefficient (Wildman–Crippen LogP) is 4.02. The van der Waals surface area contributed by atoms with Gasteiger partial charge in [-0.05, 0) is 23.9 Å². The van der Waals surface area contributed by atoms with E-state index >= 15 is 0 Å². The van der Waals surface area contributed by atoms with Crippen molar-refractivity contribution in [2.24, 2.45) is 0 Å². The van der Waals surface area contributed by atoms with Gasteiger partial charge in [0.05, 0.1) is 0 Å². The fourth-order valence-electron chi connectivity index (χ4n) is 1.46. The van der Waals surface area contributed by atoms with E-state index in [9.17, 15) is 0 Å². The average Bonchev–Trinajstić information content (AvgIpc) is 2.16. The van der Waals surface area contributed by atoms with Crippen LogP contribution in [-0.4, -0.2) is 4.98 Å². The molecule has 0 bridgehead atoms. The first-order valence-electron chi connectivity index (χ1n) is 4.21. The highest BCUT2D eigenvalue weighted by Crippen LogP contribution is 2.20. The Bertz CT molecular complexity index is 440. The summed E-state index contributed by atoms with van der Waals surface area (Å²) in [6, 6.07) is 8.43. The monoisotopic (exact) mass is 315 g/mol. The Hall–Kier alpha value is -0.410. The van der Waals surface area contributed by atoms with Crippen LogP contribution in [-0.2, 0) is 5.33 Å². The Morgan fingerprint density at radius 2 is 2.14 bits per heavy atom. The molecule has 74 valence electrons. The van der Waals surface area contributed by atoms with E-state index in [-0.39, 0.29) is 17.0 Å². The smallest absolute Gasteiger partial charge is 0.0379 e. The molecular formula is C11H11Br2N. The van der Waals surface area contributed by atoms with Crippen LogP contribution in [0.1, 0.15) is 11.3 Å².